The first-order chi connectivity index (χ1) is 11.3. The molecule has 0 bridgehead atoms. The van der Waals surface area contributed by atoms with E-state index in [1.807, 2.05) is 19.3 Å². The molecule has 0 saturated carbocycles. The fourth-order valence-electron chi connectivity index (χ4n) is 2.96. The lowest BCUT2D eigenvalue weighted by molar-refractivity contribution is 0.282. The maximum absolute atomic E-state index is 4.40. The van der Waals surface area contributed by atoms with Crippen LogP contribution >= 0.6 is 0 Å². The SMILES string of the molecule is CN=C(NCCCN1CCCCCC1)NCc1ncccc1C. The monoisotopic (exact) mass is 317 g/mol. The van der Waals surface area contributed by atoms with Gasteiger partial charge in [-0.3, -0.25) is 9.98 Å². The Morgan fingerprint density at radius 1 is 1.22 bits per heavy atom. The minimum Gasteiger partial charge on any atom is -0.356 e. The largest absolute Gasteiger partial charge is 0.356 e. The predicted octanol–water partition coefficient (Wildman–Crippen LogP) is 2.32. The van der Waals surface area contributed by atoms with Crippen LogP contribution in [0.4, 0.5) is 0 Å². The summed E-state index contributed by atoms with van der Waals surface area (Å²) < 4.78 is 0. The van der Waals surface area contributed by atoms with Gasteiger partial charge in [0.15, 0.2) is 5.96 Å². The third-order valence-corrected chi connectivity index (χ3v) is 4.41. The van der Waals surface area contributed by atoms with Crippen molar-refractivity contribution >= 4 is 5.96 Å². The summed E-state index contributed by atoms with van der Waals surface area (Å²) >= 11 is 0. The van der Waals surface area contributed by atoms with Gasteiger partial charge in [0.1, 0.15) is 0 Å². The van der Waals surface area contributed by atoms with Crippen LogP contribution in [0.25, 0.3) is 0 Å². The van der Waals surface area contributed by atoms with Crippen molar-refractivity contribution in [3.8, 4) is 0 Å². The Kier molecular flexibility index (Phi) is 7.87. The Morgan fingerprint density at radius 2 is 2.00 bits per heavy atom. The number of pyridine rings is 1. The van der Waals surface area contributed by atoms with Gasteiger partial charge >= 0.3 is 0 Å². The molecule has 0 aliphatic carbocycles. The van der Waals surface area contributed by atoms with Crippen molar-refractivity contribution in [3.63, 3.8) is 0 Å². The molecule has 2 N–H and O–H groups in total. The lowest BCUT2D eigenvalue weighted by atomic mass is 10.2. The van der Waals surface area contributed by atoms with Crippen molar-refractivity contribution in [1.82, 2.24) is 20.5 Å². The van der Waals surface area contributed by atoms with Gasteiger partial charge in [0.05, 0.1) is 12.2 Å². The van der Waals surface area contributed by atoms with E-state index in [4.69, 9.17) is 0 Å². The van der Waals surface area contributed by atoms with Crippen LogP contribution in [0.3, 0.4) is 0 Å². The molecule has 1 saturated heterocycles. The molecule has 128 valence electrons. The molecule has 0 aromatic carbocycles. The average molecular weight is 317 g/mol. The summed E-state index contributed by atoms with van der Waals surface area (Å²) in [5, 5.41) is 6.74. The molecule has 0 atom stereocenters. The molecule has 0 unspecified atom stereocenters. The summed E-state index contributed by atoms with van der Waals surface area (Å²) in [4.78, 5) is 11.3. The number of aromatic nitrogens is 1. The minimum absolute atomic E-state index is 0.707. The highest BCUT2D eigenvalue weighted by molar-refractivity contribution is 5.79. The molecule has 23 heavy (non-hydrogen) atoms. The molecule has 0 radical (unpaired) electrons. The first kappa shape index (κ1) is 17.7. The van der Waals surface area contributed by atoms with Gasteiger partial charge in [-0.2, -0.15) is 0 Å². The number of likely N-dealkylation sites (tertiary alicyclic amines) is 1. The third kappa shape index (κ3) is 6.57. The number of nitrogens with one attached hydrogen (secondary N) is 2. The lowest BCUT2D eigenvalue weighted by Crippen LogP contribution is -2.38. The van der Waals surface area contributed by atoms with Gasteiger partial charge in [-0.15, -0.1) is 0 Å². The quantitative estimate of drug-likeness (QED) is 0.480. The summed E-state index contributed by atoms with van der Waals surface area (Å²) in [5.41, 5.74) is 2.27. The van der Waals surface area contributed by atoms with Crippen LogP contribution < -0.4 is 10.6 Å². The van der Waals surface area contributed by atoms with Crippen LogP contribution in [0.1, 0.15) is 43.4 Å². The van der Waals surface area contributed by atoms with E-state index >= 15 is 0 Å². The van der Waals surface area contributed by atoms with Crippen LogP contribution in [0, 0.1) is 6.92 Å². The number of nitrogens with zero attached hydrogens (tertiary/aromatic N) is 3. The molecule has 1 aliphatic heterocycles. The fourth-order valence-corrected chi connectivity index (χ4v) is 2.96. The number of hydrogen-bond acceptors (Lipinski definition) is 3. The number of guanidine groups is 1. The van der Waals surface area contributed by atoms with E-state index in [1.54, 1.807) is 0 Å². The first-order valence-corrected chi connectivity index (χ1v) is 8.87. The summed E-state index contributed by atoms with van der Waals surface area (Å²) in [5.74, 6) is 0.853. The van der Waals surface area contributed by atoms with E-state index in [1.165, 1.54) is 50.9 Å². The second-order valence-electron chi connectivity index (χ2n) is 6.23. The van der Waals surface area contributed by atoms with Crippen LogP contribution in [0.2, 0.25) is 0 Å². The topological polar surface area (TPSA) is 52.6 Å². The number of hydrogen-bond donors (Lipinski definition) is 2. The number of rotatable bonds is 6. The molecule has 5 nitrogen and oxygen atoms in total. The van der Waals surface area contributed by atoms with Crippen molar-refractivity contribution in [2.24, 2.45) is 4.99 Å². The zero-order valence-electron chi connectivity index (χ0n) is 14.6. The maximum atomic E-state index is 4.40. The Balaban J connectivity index is 1.64. The second kappa shape index (κ2) is 10.2. The van der Waals surface area contributed by atoms with Crippen molar-refractivity contribution in [2.45, 2.75) is 45.6 Å². The Bertz CT molecular complexity index is 478. The Morgan fingerprint density at radius 3 is 2.70 bits per heavy atom. The van der Waals surface area contributed by atoms with Crippen LogP contribution in [0.5, 0.6) is 0 Å². The molecule has 1 fully saturated rings. The van der Waals surface area contributed by atoms with Crippen molar-refractivity contribution in [3.05, 3.63) is 29.6 Å². The molecule has 0 spiro atoms. The highest BCUT2D eigenvalue weighted by atomic mass is 15.2. The van der Waals surface area contributed by atoms with E-state index in [-0.39, 0.29) is 0 Å². The number of aliphatic imine (C=N–C) groups is 1. The molecule has 2 heterocycles. The summed E-state index contributed by atoms with van der Waals surface area (Å²) in [6.07, 6.45) is 8.52. The van der Waals surface area contributed by atoms with E-state index in [0.717, 1.165) is 24.6 Å². The summed E-state index contributed by atoms with van der Waals surface area (Å²) in [6.45, 7) is 7.47. The number of aryl methyl sites for hydroxylation is 1. The molecule has 5 heteroatoms. The van der Waals surface area contributed by atoms with Gasteiger partial charge in [-0.1, -0.05) is 18.9 Å². The lowest BCUT2D eigenvalue weighted by Gasteiger charge is -2.20. The molecule has 1 aromatic rings. The van der Waals surface area contributed by atoms with Crippen LogP contribution in [-0.2, 0) is 6.54 Å². The van der Waals surface area contributed by atoms with E-state index in [2.05, 4.69) is 38.5 Å². The zero-order valence-corrected chi connectivity index (χ0v) is 14.6. The first-order valence-electron chi connectivity index (χ1n) is 8.87. The normalized spacial score (nSPS) is 16.9. The maximum Gasteiger partial charge on any atom is 0.191 e. The summed E-state index contributed by atoms with van der Waals surface area (Å²) in [7, 11) is 1.81. The molecule has 0 amide bonds. The van der Waals surface area contributed by atoms with Gasteiger partial charge in [0.2, 0.25) is 0 Å². The summed E-state index contributed by atoms with van der Waals surface area (Å²) in [6, 6.07) is 4.05. The smallest absolute Gasteiger partial charge is 0.191 e. The van der Waals surface area contributed by atoms with Gasteiger partial charge in [0, 0.05) is 19.8 Å². The van der Waals surface area contributed by atoms with Gasteiger partial charge < -0.3 is 15.5 Å². The van der Waals surface area contributed by atoms with Gasteiger partial charge in [-0.05, 0) is 57.5 Å². The fraction of sp³-hybridized carbons (Fsp3) is 0.667. The molecule has 1 aromatic heterocycles. The van der Waals surface area contributed by atoms with Crippen LogP contribution in [0.15, 0.2) is 23.3 Å². The van der Waals surface area contributed by atoms with Crippen molar-refractivity contribution < 1.29 is 0 Å². The predicted molar refractivity (Wildman–Crippen MR) is 96.7 cm³/mol. The van der Waals surface area contributed by atoms with E-state index < -0.39 is 0 Å². The zero-order chi connectivity index (χ0) is 16.3. The molecular formula is C18H31N5. The third-order valence-electron chi connectivity index (χ3n) is 4.41. The highest BCUT2D eigenvalue weighted by Gasteiger charge is 2.08. The highest BCUT2D eigenvalue weighted by Crippen LogP contribution is 2.09. The molecule has 1 aliphatic rings. The van der Waals surface area contributed by atoms with Gasteiger partial charge in [-0.25, -0.2) is 0 Å². The van der Waals surface area contributed by atoms with Gasteiger partial charge in [0.25, 0.3) is 0 Å². The Hall–Kier alpha value is -1.62. The van der Waals surface area contributed by atoms with Crippen molar-refractivity contribution in [2.75, 3.05) is 33.2 Å². The van der Waals surface area contributed by atoms with E-state index in [0.29, 0.717) is 6.54 Å². The van der Waals surface area contributed by atoms with Crippen molar-refractivity contribution in [1.29, 1.82) is 0 Å². The average Bonchev–Trinajstić information content (AvgIpc) is 2.84. The Labute approximate surface area is 140 Å². The molecular weight excluding hydrogens is 286 g/mol. The molecule has 2 rings (SSSR count). The standard InChI is InChI=1S/C18H31N5/c1-16-9-7-10-20-17(16)15-22-18(19-2)21-11-8-14-23-12-5-3-4-6-13-23/h7,9-10H,3-6,8,11-15H2,1-2H3,(H2,19,21,22). The van der Waals surface area contributed by atoms with Crippen LogP contribution in [-0.4, -0.2) is 49.1 Å². The minimum atomic E-state index is 0.707. The second-order valence-corrected chi connectivity index (χ2v) is 6.23. The van der Waals surface area contributed by atoms with E-state index in [9.17, 15) is 0 Å².